The van der Waals surface area contributed by atoms with E-state index in [9.17, 15) is 0 Å². The van der Waals surface area contributed by atoms with Crippen molar-refractivity contribution < 1.29 is 9.47 Å². The molecule has 0 spiro atoms. The predicted molar refractivity (Wildman–Crippen MR) is 77.6 cm³/mol. The highest BCUT2D eigenvalue weighted by Crippen LogP contribution is 2.32. The van der Waals surface area contributed by atoms with E-state index < -0.39 is 0 Å². The number of aromatic nitrogens is 1. The van der Waals surface area contributed by atoms with Gasteiger partial charge in [0.05, 0.1) is 11.6 Å². The van der Waals surface area contributed by atoms with Crippen molar-refractivity contribution in [2.75, 3.05) is 7.11 Å². The summed E-state index contributed by atoms with van der Waals surface area (Å²) in [6.07, 6.45) is 1.71. The number of rotatable bonds is 4. The van der Waals surface area contributed by atoms with E-state index in [1.54, 1.807) is 19.4 Å². The molecule has 2 aromatic rings. The Morgan fingerprint density at radius 3 is 2.68 bits per heavy atom. The number of hydrogen-bond donors (Lipinski definition) is 1. The molecule has 2 N–H and O–H groups in total. The van der Waals surface area contributed by atoms with E-state index in [0.717, 1.165) is 15.6 Å². The van der Waals surface area contributed by atoms with Gasteiger partial charge in [-0.15, -0.1) is 0 Å². The molecule has 2 rings (SSSR count). The fourth-order valence-corrected chi connectivity index (χ4v) is 1.94. The van der Waals surface area contributed by atoms with Crippen LogP contribution in [0.1, 0.15) is 11.1 Å². The molecule has 1 aromatic carbocycles. The molecule has 0 saturated heterocycles. The maximum Gasteiger partial charge on any atom is 0.233 e. The largest absolute Gasteiger partial charge is 0.497 e. The number of nitrogens with two attached hydrogens (primary N) is 1. The smallest absolute Gasteiger partial charge is 0.233 e. The molecule has 0 saturated carbocycles. The quantitative estimate of drug-likeness (QED) is 0.937. The van der Waals surface area contributed by atoms with Crippen molar-refractivity contribution in [3.63, 3.8) is 0 Å². The molecule has 0 bridgehead atoms. The second kappa shape index (κ2) is 6.04. The molecule has 1 heterocycles. The van der Waals surface area contributed by atoms with Gasteiger partial charge in [0.2, 0.25) is 5.88 Å². The van der Waals surface area contributed by atoms with Crippen LogP contribution in [0.5, 0.6) is 17.4 Å². The summed E-state index contributed by atoms with van der Waals surface area (Å²) in [6.45, 7) is 2.41. The fraction of sp³-hybridized carbons (Fsp3) is 0.214. The van der Waals surface area contributed by atoms with Crippen molar-refractivity contribution in [1.82, 2.24) is 4.98 Å². The second-order valence-electron chi connectivity index (χ2n) is 4.07. The lowest BCUT2D eigenvalue weighted by atomic mass is 10.2. The third-order valence-electron chi connectivity index (χ3n) is 2.68. The lowest BCUT2D eigenvalue weighted by Gasteiger charge is -2.11. The van der Waals surface area contributed by atoms with E-state index in [2.05, 4.69) is 20.9 Å². The molecule has 100 valence electrons. The van der Waals surface area contributed by atoms with E-state index in [0.29, 0.717) is 23.9 Å². The highest BCUT2D eigenvalue weighted by Gasteiger charge is 2.08. The Hall–Kier alpha value is -1.59. The number of pyridine rings is 1. The van der Waals surface area contributed by atoms with Crippen LogP contribution in [0.15, 0.2) is 34.9 Å². The summed E-state index contributed by atoms with van der Waals surface area (Å²) >= 11 is 3.47. The van der Waals surface area contributed by atoms with E-state index >= 15 is 0 Å². The summed E-state index contributed by atoms with van der Waals surface area (Å²) in [6, 6.07) is 7.47. The molecule has 0 aliphatic heterocycles. The van der Waals surface area contributed by atoms with E-state index in [1.165, 1.54) is 0 Å². The Morgan fingerprint density at radius 2 is 2.00 bits per heavy atom. The summed E-state index contributed by atoms with van der Waals surface area (Å²) in [5, 5.41) is 0. The Labute approximate surface area is 120 Å². The highest BCUT2D eigenvalue weighted by molar-refractivity contribution is 9.10. The number of hydrogen-bond acceptors (Lipinski definition) is 4. The number of aryl methyl sites for hydroxylation is 1. The Kier molecular flexibility index (Phi) is 4.39. The fourth-order valence-electron chi connectivity index (χ4n) is 1.62. The number of benzene rings is 1. The van der Waals surface area contributed by atoms with Crippen molar-refractivity contribution in [3.05, 3.63) is 46.1 Å². The topological polar surface area (TPSA) is 57.4 Å². The summed E-state index contributed by atoms with van der Waals surface area (Å²) in [4.78, 5) is 4.20. The molecule has 1 aromatic heterocycles. The van der Waals surface area contributed by atoms with Crippen LogP contribution < -0.4 is 15.2 Å². The molecule has 0 aliphatic rings. The van der Waals surface area contributed by atoms with Gasteiger partial charge in [-0.25, -0.2) is 4.98 Å². The predicted octanol–water partition coefficient (Wildman–Crippen LogP) is 3.41. The lowest BCUT2D eigenvalue weighted by molar-refractivity contribution is 0.406. The second-order valence-corrected chi connectivity index (χ2v) is 4.86. The first kappa shape index (κ1) is 13.8. The van der Waals surface area contributed by atoms with E-state index in [1.807, 2.05) is 25.1 Å². The van der Waals surface area contributed by atoms with Crippen LogP contribution in [0.2, 0.25) is 0 Å². The molecule has 19 heavy (non-hydrogen) atoms. The average molecular weight is 323 g/mol. The zero-order chi connectivity index (χ0) is 13.8. The van der Waals surface area contributed by atoms with Crippen LogP contribution in [-0.4, -0.2) is 12.1 Å². The first-order valence-corrected chi connectivity index (χ1v) is 6.60. The molecule has 0 unspecified atom stereocenters. The maximum absolute atomic E-state index is 5.78. The van der Waals surface area contributed by atoms with Crippen LogP contribution in [0.25, 0.3) is 0 Å². The molecular weight excluding hydrogens is 308 g/mol. The van der Waals surface area contributed by atoms with E-state index in [4.69, 9.17) is 15.2 Å². The minimum atomic E-state index is 0.427. The monoisotopic (exact) mass is 322 g/mol. The Morgan fingerprint density at radius 1 is 1.26 bits per heavy atom. The summed E-state index contributed by atoms with van der Waals surface area (Å²) < 4.78 is 11.8. The molecule has 4 nitrogen and oxygen atoms in total. The highest BCUT2D eigenvalue weighted by atomic mass is 79.9. The average Bonchev–Trinajstić information content (AvgIpc) is 2.43. The van der Waals surface area contributed by atoms with Crippen molar-refractivity contribution in [2.24, 2.45) is 5.73 Å². The SMILES string of the molecule is COc1cc(CN)cc(Oc2nccc(C)c2Br)c1. The van der Waals surface area contributed by atoms with Crippen molar-refractivity contribution in [3.8, 4) is 17.4 Å². The van der Waals surface area contributed by atoms with Gasteiger partial charge >= 0.3 is 0 Å². The third-order valence-corrected chi connectivity index (χ3v) is 3.64. The van der Waals surface area contributed by atoms with Gasteiger partial charge in [-0.1, -0.05) is 0 Å². The van der Waals surface area contributed by atoms with Crippen LogP contribution in [-0.2, 0) is 6.54 Å². The first-order valence-electron chi connectivity index (χ1n) is 5.81. The minimum Gasteiger partial charge on any atom is -0.497 e. The minimum absolute atomic E-state index is 0.427. The zero-order valence-corrected chi connectivity index (χ0v) is 12.4. The first-order chi connectivity index (χ1) is 9.13. The Bertz CT molecular complexity index is 565. The standard InChI is InChI=1S/C14H15BrN2O2/c1-9-3-4-17-14(13(9)15)19-12-6-10(8-16)5-11(7-12)18-2/h3-7H,8,16H2,1-2H3. The summed E-state index contributed by atoms with van der Waals surface area (Å²) in [5.74, 6) is 1.89. The van der Waals surface area contributed by atoms with Gasteiger partial charge in [0.15, 0.2) is 0 Å². The summed E-state index contributed by atoms with van der Waals surface area (Å²) in [7, 11) is 1.61. The van der Waals surface area contributed by atoms with Crippen LogP contribution in [0, 0.1) is 6.92 Å². The van der Waals surface area contributed by atoms with Gasteiger partial charge in [0.1, 0.15) is 11.5 Å². The normalized spacial score (nSPS) is 10.3. The van der Waals surface area contributed by atoms with Gasteiger partial charge < -0.3 is 15.2 Å². The molecule has 0 amide bonds. The van der Waals surface area contributed by atoms with Gasteiger partial charge in [-0.2, -0.15) is 0 Å². The molecule has 0 fully saturated rings. The van der Waals surface area contributed by atoms with Crippen LogP contribution in [0.4, 0.5) is 0 Å². The zero-order valence-electron chi connectivity index (χ0n) is 10.8. The molecular formula is C14H15BrN2O2. The number of methoxy groups -OCH3 is 1. The van der Waals surface area contributed by atoms with Crippen LogP contribution >= 0.6 is 15.9 Å². The lowest BCUT2D eigenvalue weighted by Crippen LogP contribution is -1.98. The van der Waals surface area contributed by atoms with Gasteiger partial charge in [0.25, 0.3) is 0 Å². The van der Waals surface area contributed by atoms with Crippen LogP contribution in [0.3, 0.4) is 0 Å². The molecule has 5 heteroatoms. The molecule has 0 aliphatic carbocycles. The summed E-state index contributed by atoms with van der Waals surface area (Å²) in [5.41, 5.74) is 7.66. The van der Waals surface area contributed by atoms with Crippen molar-refractivity contribution in [2.45, 2.75) is 13.5 Å². The van der Waals surface area contributed by atoms with Gasteiger partial charge in [-0.05, 0) is 52.2 Å². The van der Waals surface area contributed by atoms with Gasteiger partial charge in [-0.3, -0.25) is 0 Å². The third kappa shape index (κ3) is 3.24. The van der Waals surface area contributed by atoms with Gasteiger partial charge in [0, 0.05) is 18.8 Å². The number of halogens is 1. The Balaban J connectivity index is 2.34. The van der Waals surface area contributed by atoms with Crippen molar-refractivity contribution in [1.29, 1.82) is 0 Å². The van der Waals surface area contributed by atoms with Crippen molar-refractivity contribution >= 4 is 15.9 Å². The number of nitrogens with zero attached hydrogens (tertiary/aromatic N) is 1. The number of ether oxygens (including phenoxy) is 2. The maximum atomic E-state index is 5.78. The molecule has 0 atom stereocenters. The molecule has 0 radical (unpaired) electrons. The van der Waals surface area contributed by atoms with E-state index in [-0.39, 0.29) is 0 Å².